The zero-order chi connectivity index (χ0) is 33.3. The van der Waals surface area contributed by atoms with Gasteiger partial charge in [0.25, 0.3) is 0 Å². The van der Waals surface area contributed by atoms with E-state index in [1.807, 2.05) is 72.9 Å². The molecule has 0 saturated heterocycles. The Hall–Kier alpha value is -6.78. The van der Waals surface area contributed by atoms with Crippen LogP contribution in [0.25, 0.3) is 89.2 Å². The lowest BCUT2D eigenvalue weighted by atomic mass is 9.88. The quantitative estimate of drug-likeness (QED) is 0.182. The predicted molar refractivity (Wildman–Crippen MR) is 205 cm³/mol. The molecule has 0 saturated carbocycles. The predicted octanol–water partition coefficient (Wildman–Crippen LogP) is 11.6. The first-order valence-corrected chi connectivity index (χ1v) is 16.7. The summed E-state index contributed by atoms with van der Waals surface area (Å²) >= 11 is 0. The second-order valence-electron chi connectivity index (χ2n) is 12.3. The SMILES string of the molecule is c1ccc(-c2nc(-c3ccccc3)nc(-c3ccc(-c4ccc5ccccc5c4-c4ccc(-c5cccc6ncccc56)cc4)cc3)n2)cc1. The summed E-state index contributed by atoms with van der Waals surface area (Å²) in [6.45, 7) is 0. The molecular weight excluding hydrogens is 609 g/mol. The van der Waals surface area contributed by atoms with Crippen molar-refractivity contribution in [3.63, 3.8) is 0 Å². The molecule has 0 aliphatic rings. The number of nitrogens with zero attached hydrogens (tertiary/aromatic N) is 4. The van der Waals surface area contributed by atoms with Crippen LogP contribution >= 0.6 is 0 Å². The molecule has 4 heteroatoms. The molecule has 7 aromatic carbocycles. The van der Waals surface area contributed by atoms with E-state index in [0.29, 0.717) is 17.5 Å². The lowest BCUT2D eigenvalue weighted by Gasteiger charge is -2.15. The van der Waals surface area contributed by atoms with E-state index in [1.54, 1.807) is 0 Å². The van der Waals surface area contributed by atoms with Gasteiger partial charge in [0.15, 0.2) is 17.5 Å². The van der Waals surface area contributed by atoms with Gasteiger partial charge in [-0.1, -0.05) is 164 Å². The first-order chi connectivity index (χ1) is 24.8. The van der Waals surface area contributed by atoms with Gasteiger partial charge < -0.3 is 0 Å². The van der Waals surface area contributed by atoms with Crippen molar-refractivity contribution in [3.8, 4) is 67.5 Å². The summed E-state index contributed by atoms with van der Waals surface area (Å²) in [5, 5.41) is 3.58. The number of aromatic nitrogens is 4. The minimum atomic E-state index is 0.641. The molecule has 4 nitrogen and oxygen atoms in total. The summed E-state index contributed by atoms with van der Waals surface area (Å²) in [7, 11) is 0. The Kier molecular flexibility index (Phi) is 7.45. The topological polar surface area (TPSA) is 51.6 Å². The van der Waals surface area contributed by atoms with Crippen molar-refractivity contribution in [2.75, 3.05) is 0 Å². The summed E-state index contributed by atoms with van der Waals surface area (Å²) in [5.41, 5.74) is 10.9. The van der Waals surface area contributed by atoms with Crippen LogP contribution in [-0.2, 0) is 0 Å². The molecule has 0 amide bonds. The van der Waals surface area contributed by atoms with Crippen molar-refractivity contribution < 1.29 is 0 Å². The Balaban J connectivity index is 1.13. The third-order valence-corrected chi connectivity index (χ3v) is 9.21. The fraction of sp³-hybridized carbons (Fsp3) is 0. The number of fused-ring (bicyclic) bond motifs is 2. The van der Waals surface area contributed by atoms with Crippen molar-refractivity contribution in [1.29, 1.82) is 0 Å². The molecule has 2 aromatic heterocycles. The van der Waals surface area contributed by atoms with Crippen molar-refractivity contribution in [2.45, 2.75) is 0 Å². The largest absolute Gasteiger partial charge is 0.256 e. The van der Waals surface area contributed by atoms with E-state index in [0.717, 1.165) is 33.2 Å². The maximum Gasteiger partial charge on any atom is 0.164 e. The van der Waals surface area contributed by atoms with Crippen LogP contribution < -0.4 is 0 Å². The smallest absolute Gasteiger partial charge is 0.164 e. The third kappa shape index (κ3) is 5.49. The van der Waals surface area contributed by atoms with Crippen LogP contribution in [0.2, 0.25) is 0 Å². The number of rotatable bonds is 6. The van der Waals surface area contributed by atoms with Gasteiger partial charge in [-0.2, -0.15) is 0 Å². The fourth-order valence-electron chi connectivity index (χ4n) is 6.73. The Bertz CT molecular complexity index is 2550. The Labute approximate surface area is 290 Å². The van der Waals surface area contributed by atoms with Crippen molar-refractivity contribution in [1.82, 2.24) is 19.9 Å². The molecule has 0 aliphatic heterocycles. The van der Waals surface area contributed by atoms with E-state index < -0.39 is 0 Å². The summed E-state index contributed by atoms with van der Waals surface area (Å²) in [4.78, 5) is 19.3. The monoisotopic (exact) mass is 638 g/mol. The van der Waals surface area contributed by atoms with Gasteiger partial charge in [-0.3, -0.25) is 4.98 Å². The van der Waals surface area contributed by atoms with Crippen LogP contribution in [0.3, 0.4) is 0 Å². The highest BCUT2D eigenvalue weighted by molar-refractivity contribution is 6.04. The first-order valence-electron chi connectivity index (χ1n) is 16.7. The molecule has 0 radical (unpaired) electrons. The molecule has 0 N–H and O–H groups in total. The summed E-state index contributed by atoms with van der Waals surface area (Å²) in [6.07, 6.45) is 1.85. The van der Waals surface area contributed by atoms with Gasteiger partial charge in [0.1, 0.15) is 0 Å². The van der Waals surface area contributed by atoms with Crippen molar-refractivity contribution >= 4 is 21.7 Å². The lowest BCUT2D eigenvalue weighted by molar-refractivity contribution is 1.07. The summed E-state index contributed by atoms with van der Waals surface area (Å²) in [5.74, 6) is 1.94. The minimum absolute atomic E-state index is 0.641. The average Bonchev–Trinajstić information content (AvgIpc) is 3.21. The number of benzene rings is 7. The van der Waals surface area contributed by atoms with Gasteiger partial charge in [0, 0.05) is 28.3 Å². The molecule has 234 valence electrons. The van der Waals surface area contributed by atoms with Gasteiger partial charge in [-0.25, -0.2) is 15.0 Å². The number of hydrogen-bond donors (Lipinski definition) is 0. The summed E-state index contributed by atoms with van der Waals surface area (Å²) < 4.78 is 0. The molecule has 9 rings (SSSR count). The zero-order valence-electron chi connectivity index (χ0n) is 27.1. The van der Waals surface area contributed by atoms with Crippen LogP contribution in [0.1, 0.15) is 0 Å². The second-order valence-corrected chi connectivity index (χ2v) is 12.3. The number of hydrogen-bond acceptors (Lipinski definition) is 4. The van der Waals surface area contributed by atoms with E-state index in [4.69, 9.17) is 15.0 Å². The first kappa shape index (κ1) is 29.4. The Morgan fingerprint density at radius 1 is 0.300 bits per heavy atom. The van der Waals surface area contributed by atoms with E-state index in [9.17, 15) is 0 Å². The van der Waals surface area contributed by atoms with Crippen LogP contribution in [0.5, 0.6) is 0 Å². The molecular formula is C46H30N4. The standard InChI is InChI=1S/C46H30N4/c1-3-12-35(13-4-1)44-48-45(36-14-5-2-6-15-36)50-46(49-44)37-26-22-33(23-27-37)40-29-28-31-11-7-8-16-39(31)43(40)34-24-20-32(21-25-34)38-17-9-19-42-41(38)18-10-30-47-42/h1-30H. The maximum atomic E-state index is 4.93. The Morgan fingerprint density at radius 2 is 0.820 bits per heavy atom. The van der Waals surface area contributed by atoms with Crippen LogP contribution in [0.4, 0.5) is 0 Å². The molecule has 0 atom stereocenters. The van der Waals surface area contributed by atoms with Gasteiger partial charge in [-0.05, 0) is 56.3 Å². The fourth-order valence-corrected chi connectivity index (χ4v) is 6.73. The highest BCUT2D eigenvalue weighted by Gasteiger charge is 2.15. The van der Waals surface area contributed by atoms with Gasteiger partial charge in [0.2, 0.25) is 0 Å². The van der Waals surface area contributed by atoms with Gasteiger partial charge >= 0.3 is 0 Å². The molecule has 50 heavy (non-hydrogen) atoms. The van der Waals surface area contributed by atoms with Crippen LogP contribution in [-0.4, -0.2) is 19.9 Å². The normalized spacial score (nSPS) is 11.2. The minimum Gasteiger partial charge on any atom is -0.256 e. The molecule has 2 heterocycles. The van der Waals surface area contributed by atoms with E-state index >= 15 is 0 Å². The van der Waals surface area contributed by atoms with Crippen molar-refractivity contribution in [2.24, 2.45) is 0 Å². The molecule has 0 spiro atoms. The van der Waals surface area contributed by atoms with Gasteiger partial charge in [-0.15, -0.1) is 0 Å². The van der Waals surface area contributed by atoms with E-state index in [2.05, 4.69) is 114 Å². The average molecular weight is 639 g/mol. The molecule has 9 aromatic rings. The zero-order valence-corrected chi connectivity index (χ0v) is 27.1. The second kappa shape index (κ2) is 12.7. The van der Waals surface area contributed by atoms with Crippen LogP contribution in [0, 0.1) is 0 Å². The third-order valence-electron chi connectivity index (χ3n) is 9.21. The molecule has 0 bridgehead atoms. The Morgan fingerprint density at radius 3 is 1.48 bits per heavy atom. The van der Waals surface area contributed by atoms with Crippen molar-refractivity contribution in [3.05, 3.63) is 182 Å². The molecule has 0 unspecified atom stereocenters. The van der Waals surface area contributed by atoms with E-state index in [1.165, 1.54) is 38.6 Å². The highest BCUT2D eigenvalue weighted by Crippen LogP contribution is 2.40. The number of pyridine rings is 1. The summed E-state index contributed by atoms with van der Waals surface area (Å²) in [6, 6.07) is 61.2. The maximum absolute atomic E-state index is 4.93. The van der Waals surface area contributed by atoms with E-state index in [-0.39, 0.29) is 0 Å². The van der Waals surface area contributed by atoms with Gasteiger partial charge in [0.05, 0.1) is 5.52 Å². The van der Waals surface area contributed by atoms with Crippen LogP contribution in [0.15, 0.2) is 182 Å². The molecule has 0 aliphatic carbocycles. The lowest BCUT2D eigenvalue weighted by Crippen LogP contribution is -2.00. The highest BCUT2D eigenvalue weighted by atomic mass is 15.0. The molecule has 0 fully saturated rings.